The van der Waals surface area contributed by atoms with Crippen LogP contribution in [0.15, 0.2) is 59.5 Å². The molecule has 0 spiro atoms. The van der Waals surface area contributed by atoms with E-state index in [9.17, 15) is 14.0 Å². The maximum absolute atomic E-state index is 14.1. The van der Waals surface area contributed by atoms with Crippen molar-refractivity contribution < 1.29 is 13.9 Å². The molecule has 0 bridgehead atoms. The fraction of sp³-hybridized carbons (Fsp3) is 0.111. The largest absolute Gasteiger partial charge is 0.497 e. The Kier molecular flexibility index (Phi) is 4.29. The quantitative estimate of drug-likeness (QED) is 0.802. The first kappa shape index (κ1) is 15.7. The van der Waals surface area contributed by atoms with Gasteiger partial charge in [0, 0.05) is 23.3 Å². The molecule has 0 fully saturated rings. The van der Waals surface area contributed by atoms with E-state index in [2.05, 4.69) is 5.32 Å². The van der Waals surface area contributed by atoms with Gasteiger partial charge in [0.1, 0.15) is 18.1 Å². The van der Waals surface area contributed by atoms with Crippen LogP contribution in [-0.4, -0.2) is 17.6 Å². The molecule has 2 aromatic carbocycles. The molecule has 0 radical (unpaired) electrons. The summed E-state index contributed by atoms with van der Waals surface area (Å²) in [6, 6.07) is 12.5. The van der Waals surface area contributed by atoms with Crippen LogP contribution in [0.2, 0.25) is 0 Å². The van der Waals surface area contributed by atoms with Crippen molar-refractivity contribution in [2.75, 3.05) is 12.4 Å². The fourth-order valence-electron chi connectivity index (χ4n) is 2.49. The fourth-order valence-corrected chi connectivity index (χ4v) is 2.49. The summed E-state index contributed by atoms with van der Waals surface area (Å²) in [5, 5.41) is 2.97. The molecule has 24 heavy (non-hydrogen) atoms. The molecule has 1 amide bonds. The summed E-state index contributed by atoms with van der Waals surface area (Å²) >= 11 is 0. The third-order valence-electron chi connectivity index (χ3n) is 3.63. The van der Waals surface area contributed by atoms with E-state index >= 15 is 0 Å². The molecule has 6 heteroatoms. The van der Waals surface area contributed by atoms with Crippen LogP contribution in [-0.2, 0) is 11.3 Å². The van der Waals surface area contributed by atoms with Gasteiger partial charge in [-0.15, -0.1) is 0 Å². The number of carbonyl (C=O) groups excluding carboxylic acids is 1. The molecule has 0 aliphatic carbocycles. The number of fused-ring (bicyclic) bond motifs is 1. The Hall–Kier alpha value is -3.15. The highest BCUT2D eigenvalue weighted by Crippen LogP contribution is 2.16. The minimum atomic E-state index is -0.539. The summed E-state index contributed by atoms with van der Waals surface area (Å²) in [7, 11) is 1.56. The highest BCUT2D eigenvalue weighted by Gasteiger charge is 2.11. The maximum Gasteiger partial charge on any atom is 0.244 e. The number of ether oxygens (including phenoxy) is 1. The normalized spacial score (nSPS) is 10.6. The lowest BCUT2D eigenvalue weighted by atomic mass is 10.2. The van der Waals surface area contributed by atoms with Crippen LogP contribution in [0.5, 0.6) is 5.75 Å². The number of anilines is 1. The lowest BCUT2D eigenvalue weighted by Gasteiger charge is -2.12. The molecule has 0 aliphatic heterocycles. The van der Waals surface area contributed by atoms with Crippen molar-refractivity contribution >= 4 is 22.5 Å². The lowest BCUT2D eigenvalue weighted by molar-refractivity contribution is -0.116. The smallest absolute Gasteiger partial charge is 0.244 e. The number of hydrogen-bond donors (Lipinski definition) is 1. The summed E-state index contributed by atoms with van der Waals surface area (Å²) in [5.74, 6) is -0.183. The minimum Gasteiger partial charge on any atom is -0.497 e. The van der Waals surface area contributed by atoms with Crippen LogP contribution < -0.4 is 15.5 Å². The van der Waals surface area contributed by atoms with E-state index in [1.165, 1.54) is 29.0 Å². The Morgan fingerprint density at radius 3 is 2.62 bits per heavy atom. The Balaban J connectivity index is 1.85. The van der Waals surface area contributed by atoms with Crippen molar-refractivity contribution in [2.24, 2.45) is 0 Å². The van der Waals surface area contributed by atoms with E-state index in [1.54, 1.807) is 37.4 Å². The van der Waals surface area contributed by atoms with E-state index < -0.39 is 5.82 Å². The molecule has 1 N–H and O–H groups in total. The van der Waals surface area contributed by atoms with Crippen molar-refractivity contribution in [3.8, 4) is 5.75 Å². The van der Waals surface area contributed by atoms with Crippen molar-refractivity contribution in [1.82, 2.24) is 4.57 Å². The highest BCUT2D eigenvalue weighted by molar-refractivity contribution is 5.91. The number of rotatable bonds is 4. The van der Waals surface area contributed by atoms with Crippen LogP contribution >= 0.6 is 0 Å². The van der Waals surface area contributed by atoms with E-state index in [0.717, 1.165) is 0 Å². The molecule has 0 unspecified atom stereocenters. The van der Waals surface area contributed by atoms with Crippen molar-refractivity contribution in [1.29, 1.82) is 0 Å². The van der Waals surface area contributed by atoms with Crippen LogP contribution in [0.4, 0.5) is 10.1 Å². The number of hydrogen-bond acceptors (Lipinski definition) is 3. The van der Waals surface area contributed by atoms with Crippen LogP contribution in [0.3, 0.4) is 0 Å². The summed E-state index contributed by atoms with van der Waals surface area (Å²) in [6.07, 6.45) is 1.42. The summed E-state index contributed by atoms with van der Waals surface area (Å²) in [4.78, 5) is 24.0. The van der Waals surface area contributed by atoms with Gasteiger partial charge in [-0.3, -0.25) is 9.59 Å². The summed E-state index contributed by atoms with van der Waals surface area (Å²) in [5.41, 5.74) is 0.442. The molecule has 122 valence electrons. The first-order valence-electron chi connectivity index (χ1n) is 7.30. The monoisotopic (exact) mass is 326 g/mol. The molecule has 3 aromatic rings. The van der Waals surface area contributed by atoms with Crippen LogP contribution in [0.1, 0.15) is 0 Å². The number of pyridine rings is 1. The zero-order chi connectivity index (χ0) is 17.1. The average molecular weight is 326 g/mol. The third-order valence-corrected chi connectivity index (χ3v) is 3.63. The predicted octanol–water partition coefficient (Wildman–Crippen LogP) is 2.79. The second-order valence-corrected chi connectivity index (χ2v) is 5.22. The van der Waals surface area contributed by atoms with E-state index in [0.29, 0.717) is 11.4 Å². The molecule has 0 atom stereocenters. The highest BCUT2D eigenvalue weighted by atomic mass is 19.1. The van der Waals surface area contributed by atoms with Gasteiger partial charge in [0.25, 0.3) is 0 Å². The molecular weight excluding hydrogens is 311 g/mol. The summed E-state index contributed by atoms with van der Waals surface area (Å²) in [6.45, 7) is -0.107. The number of nitrogens with zero attached hydrogens (tertiary/aromatic N) is 1. The Labute approximate surface area is 137 Å². The lowest BCUT2D eigenvalue weighted by Crippen LogP contribution is -2.20. The van der Waals surface area contributed by atoms with Gasteiger partial charge in [0.05, 0.1) is 12.6 Å². The van der Waals surface area contributed by atoms with Crippen molar-refractivity contribution in [3.05, 3.63) is 70.8 Å². The molecule has 1 heterocycles. The van der Waals surface area contributed by atoms with E-state index in [4.69, 9.17) is 4.74 Å². The molecule has 3 rings (SSSR count). The molecule has 1 aromatic heterocycles. The topological polar surface area (TPSA) is 60.3 Å². The first-order valence-corrected chi connectivity index (χ1v) is 7.30. The molecule has 0 aliphatic rings. The molecule has 0 saturated carbocycles. The van der Waals surface area contributed by atoms with Gasteiger partial charge < -0.3 is 14.6 Å². The number of nitrogens with one attached hydrogen (secondary N) is 1. The number of para-hydroxylation sites is 1. The second-order valence-electron chi connectivity index (χ2n) is 5.22. The van der Waals surface area contributed by atoms with Crippen molar-refractivity contribution in [2.45, 2.75) is 6.54 Å². The second kappa shape index (κ2) is 6.54. The zero-order valence-corrected chi connectivity index (χ0v) is 13.0. The van der Waals surface area contributed by atoms with Gasteiger partial charge >= 0.3 is 0 Å². The van der Waals surface area contributed by atoms with Gasteiger partial charge in [-0.2, -0.15) is 0 Å². The first-order chi connectivity index (χ1) is 11.6. The molecule has 0 saturated heterocycles. The van der Waals surface area contributed by atoms with Crippen LogP contribution in [0, 0.1) is 5.82 Å². The Morgan fingerprint density at radius 1 is 1.17 bits per heavy atom. The Morgan fingerprint density at radius 2 is 1.92 bits per heavy atom. The molecule has 5 nitrogen and oxygen atoms in total. The number of aromatic nitrogens is 1. The number of benzene rings is 2. The van der Waals surface area contributed by atoms with Gasteiger partial charge in [-0.05, 0) is 36.4 Å². The molecular formula is C18H15FN2O3. The average Bonchev–Trinajstić information content (AvgIpc) is 2.58. The number of methoxy groups -OCH3 is 1. The predicted molar refractivity (Wildman–Crippen MR) is 89.8 cm³/mol. The van der Waals surface area contributed by atoms with Crippen molar-refractivity contribution in [3.63, 3.8) is 0 Å². The number of halogens is 1. The maximum atomic E-state index is 14.1. The summed E-state index contributed by atoms with van der Waals surface area (Å²) < 4.78 is 20.6. The number of carbonyl (C=O) groups is 1. The van der Waals surface area contributed by atoms with Gasteiger partial charge in [-0.1, -0.05) is 6.07 Å². The third kappa shape index (κ3) is 3.12. The standard InChI is InChI=1S/C18H15FN2O3/c1-24-13-7-5-12(6-8-13)20-17(23)11-21-10-9-16(22)14-3-2-4-15(19)18(14)21/h2-10H,11H2,1H3,(H,20,23). The zero-order valence-electron chi connectivity index (χ0n) is 13.0. The van der Waals surface area contributed by atoms with Gasteiger partial charge in [0.2, 0.25) is 5.91 Å². The Bertz CT molecular complexity index is 949. The number of amides is 1. The minimum absolute atomic E-state index is 0.107. The van der Waals surface area contributed by atoms with E-state index in [-0.39, 0.29) is 28.8 Å². The van der Waals surface area contributed by atoms with Crippen LogP contribution in [0.25, 0.3) is 10.9 Å². The van der Waals surface area contributed by atoms with E-state index in [1.807, 2.05) is 0 Å². The SMILES string of the molecule is COc1ccc(NC(=O)Cn2ccc(=O)c3cccc(F)c32)cc1. The van der Waals surface area contributed by atoms with Gasteiger partial charge in [-0.25, -0.2) is 4.39 Å². The van der Waals surface area contributed by atoms with Gasteiger partial charge in [0.15, 0.2) is 5.43 Å².